The van der Waals surface area contributed by atoms with Crippen molar-refractivity contribution in [2.24, 2.45) is 5.92 Å². The predicted molar refractivity (Wildman–Crippen MR) is 90.6 cm³/mol. The van der Waals surface area contributed by atoms with E-state index in [-0.39, 0.29) is 0 Å². The Morgan fingerprint density at radius 1 is 1.05 bits per heavy atom. The van der Waals surface area contributed by atoms with Gasteiger partial charge in [0.2, 0.25) is 0 Å². The maximum Gasteiger partial charge on any atom is 0.119 e. The molecule has 4 heteroatoms. The summed E-state index contributed by atoms with van der Waals surface area (Å²) in [5.41, 5.74) is 2.05. The van der Waals surface area contributed by atoms with Gasteiger partial charge in [-0.2, -0.15) is 0 Å². The second-order valence-corrected chi connectivity index (χ2v) is 6.24. The van der Waals surface area contributed by atoms with Gasteiger partial charge in [0, 0.05) is 22.3 Å². The van der Waals surface area contributed by atoms with Gasteiger partial charge in [0.15, 0.2) is 0 Å². The molecule has 0 aliphatic carbocycles. The highest BCUT2D eigenvalue weighted by atomic mass is 35.5. The SMILES string of the molecule is CC(C)COc1cccc(CNc2cc(Cl)cc(Cl)c2)c1. The molecule has 0 saturated carbocycles. The first-order valence-electron chi connectivity index (χ1n) is 6.94. The predicted octanol–water partition coefficient (Wildman–Crippen LogP) is 5.64. The van der Waals surface area contributed by atoms with E-state index in [1.54, 1.807) is 6.07 Å². The van der Waals surface area contributed by atoms with Gasteiger partial charge in [-0.25, -0.2) is 0 Å². The molecule has 0 saturated heterocycles. The third-order valence-corrected chi connectivity index (χ3v) is 3.28. The van der Waals surface area contributed by atoms with E-state index in [9.17, 15) is 0 Å². The van der Waals surface area contributed by atoms with E-state index < -0.39 is 0 Å². The number of halogens is 2. The van der Waals surface area contributed by atoms with Crippen LogP contribution in [0.25, 0.3) is 0 Å². The number of ether oxygens (including phenoxy) is 1. The fourth-order valence-electron chi connectivity index (χ4n) is 1.87. The molecule has 0 bridgehead atoms. The van der Waals surface area contributed by atoms with Crippen LogP contribution in [-0.4, -0.2) is 6.61 Å². The van der Waals surface area contributed by atoms with Crippen molar-refractivity contribution in [2.75, 3.05) is 11.9 Å². The Kier molecular flexibility index (Phi) is 5.77. The largest absolute Gasteiger partial charge is 0.493 e. The number of hydrogen-bond donors (Lipinski definition) is 1. The Bertz CT molecular complexity index is 579. The van der Waals surface area contributed by atoms with Gasteiger partial charge in [-0.3, -0.25) is 0 Å². The van der Waals surface area contributed by atoms with Crippen molar-refractivity contribution in [1.29, 1.82) is 0 Å². The molecule has 0 radical (unpaired) electrons. The molecule has 0 atom stereocenters. The van der Waals surface area contributed by atoms with Crippen molar-refractivity contribution in [3.63, 3.8) is 0 Å². The molecule has 2 nitrogen and oxygen atoms in total. The van der Waals surface area contributed by atoms with E-state index in [1.807, 2.05) is 30.3 Å². The van der Waals surface area contributed by atoms with Crippen LogP contribution in [0.2, 0.25) is 10.0 Å². The minimum Gasteiger partial charge on any atom is -0.493 e. The molecule has 0 fully saturated rings. The second kappa shape index (κ2) is 7.58. The van der Waals surface area contributed by atoms with Gasteiger partial charge in [0.25, 0.3) is 0 Å². The summed E-state index contributed by atoms with van der Waals surface area (Å²) in [4.78, 5) is 0. The van der Waals surface area contributed by atoms with Gasteiger partial charge < -0.3 is 10.1 Å². The van der Waals surface area contributed by atoms with Crippen molar-refractivity contribution in [2.45, 2.75) is 20.4 Å². The third kappa shape index (κ3) is 5.49. The van der Waals surface area contributed by atoms with Gasteiger partial charge in [0.1, 0.15) is 5.75 Å². The molecule has 2 rings (SSSR count). The smallest absolute Gasteiger partial charge is 0.119 e. The molecule has 0 aromatic heterocycles. The first kappa shape index (κ1) is 16.0. The third-order valence-electron chi connectivity index (χ3n) is 2.84. The summed E-state index contributed by atoms with van der Waals surface area (Å²) in [6.07, 6.45) is 0. The minimum atomic E-state index is 0.514. The fourth-order valence-corrected chi connectivity index (χ4v) is 2.39. The molecular formula is C17H19Cl2NO. The molecule has 1 N–H and O–H groups in total. The molecule has 0 heterocycles. The normalized spacial score (nSPS) is 10.7. The lowest BCUT2D eigenvalue weighted by molar-refractivity contribution is 0.271. The molecule has 21 heavy (non-hydrogen) atoms. The van der Waals surface area contributed by atoms with E-state index in [4.69, 9.17) is 27.9 Å². The second-order valence-electron chi connectivity index (χ2n) is 5.36. The van der Waals surface area contributed by atoms with Crippen molar-refractivity contribution in [1.82, 2.24) is 0 Å². The van der Waals surface area contributed by atoms with E-state index in [0.717, 1.165) is 23.6 Å². The van der Waals surface area contributed by atoms with Crippen molar-refractivity contribution in [3.05, 3.63) is 58.1 Å². The Hall–Kier alpha value is -1.38. The minimum absolute atomic E-state index is 0.514. The van der Waals surface area contributed by atoms with Gasteiger partial charge in [0.05, 0.1) is 6.61 Å². The summed E-state index contributed by atoms with van der Waals surface area (Å²) in [5, 5.41) is 4.56. The van der Waals surface area contributed by atoms with Crippen molar-refractivity contribution in [3.8, 4) is 5.75 Å². The van der Waals surface area contributed by atoms with E-state index in [0.29, 0.717) is 22.5 Å². The molecule has 0 aliphatic heterocycles. The lowest BCUT2D eigenvalue weighted by Crippen LogP contribution is -2.05. The van der Waals surface area contributed by atoms with Crippen molar-refractivity contribution < 1.29 is 4.74 Å². The number of benzene rings is 2. The van der Waals surface area contributed by atoms with Crippen LogP contribution >= 0.6 is 23.2 Å². The highest BCUT2D eigenvalue weighted by Gasteiger charge is 2.01. The van der Waals surface area contributed by atoms with E-state index in [2.05, 4.69) is 25.2 Å². The molecule has 2 aromatic carbocycles. The topological polar surface area (TPSA) is 21.3 Å². The van der Waals surface area contributed by atoms with Crippen LogP contribution in [-0.2, 0) is 6.54 Å². The zero-order valence-corrected chi connectivity index (χ0v) is 13.7. The van der Waals surface area contributed by atoms with Crippen LogP contribution in [0.1, 0.15) is 19.4 Å². The van der Waals surface area contributed by atoms with Gasteiger partial charge in [-0.1, -0.05) is 49.2 Å². The van der Waals surface area contributed by atoms with Crippen molar-refractivity contribution >= 4 is 28.9 Å². The zero-order valence-electron chi connectivity index (χ0n) is 12.2. The molecule has 0 unspecified atom stereocenters. The first-order valence-corrected chi connectivity index (χ1v) is 7.70. The average Bonchev–Trinajstić information content (AvgIpc) is 2.42. The monoisotopic (exact) mass is 323 g/mol. The molecule has 0 amide bonds. The van der Waals surface area contributed by atoms with Crippen LogP contribution in [0.5, 0.6) is 5.75 Å². The molecular weight excluding hydrogens is 305 g/mol. The highest BCUT2D eigenvalue weighted by Crippen LogP contribution is 2.23. The summed E-state index contributed by atoms with van der Waals surface area (Å²) >= 11 is 12.0. The molecule has 0 aliphatic rings. The van der Waals surface area contributed by atoms with Gasteiger partial charge in [-0.15, -0.1) is 0 Å². The van der Waals surface area contributed by atoms with Crippen LogP contribution in [0.4, 0.5) is 5.69 Å². The highest BCUT2D eigenvalue weighted by molar-refractivity contribution is 6.35. The number of anilines is 1. The number of hydrogen-bond acceptors (Lipinski definition) is 2. The summed E-state index contributed by atoms with van der Waals surface area (Å²) in [5.74, 6) is 1.41. The Labute approximate surface area is 136 Å². The first-order chi connectivity index (χ1) is 10.0. The summed E-state index contributed by atoms with van der Waals surface area (Å²) < 4.78 is 5.73. The number of nitrogens with one attached hydrogen (secondary N) is 1. The van der Waals surface area contributed by atoms with E-state index in [1.165, 1.54) is 0 Å². The fraction of sp³-hybridized carbons (Fsp3) is 0.294. The lowest BCUT2D eigenvalue weighted by Gasteiger charge is -2.11. The Balaban J connectivity index is 1.98. The molecule has 112 valence electrons. The standard InChI is InChI=1S/C17H19Cl2NO/c1-12(2)11-21-17-5-3-4-13(6-17)10-20-16-8-14(18)7-15(19)9-16/h3-9,12,20H,10-11H2,1-2H3. The summed E-state index contributed by atoms with van der Waals surface area (Å²) in [7, 11) is 0. The van der Waals surface area contributed by atoms with E-state index >= 15 is 0 Å². The average molecular weight is 324 g/mol. The summed E-state index contributed by atoms with van der Waals surface area (Å²) in [6, 6.07) is 13.5. The van der Waals surface area contributed by atoms with Gasteiger partial charge >= 0.3 is 0 Å². The van der Waals surface area contributed by atoms with Crippen LogP contribution in [0.15, 0.2) is 42.5 Å². The van der Waals surface area contributed by atoms with Gasteiger partial charge in [-0.05, 0) is 41.8 Å². The van der Waals surface area contributed by atoms with Crippen LogP contribution in [0.3, 0.4) is 0 Å². The maximum atomic E-state index is 5.98. The lowest BCUT2D eigenvalue weighted by atomic mass is 10.2. The molecule has 0 spiro atoms. The summed E-state index contributed by atoms with van der Waals surface area (Å²) in [6.45, 7) is 5.68. The Morgan fingerprint density at radius 2 is 1.76 bits per heavy atom. The quantitative estimate of drug-likeness (QED) is 0.742. The van der Waals surface area contributed by atoms with Crippen LogP contribution in [0, 0.1) is 5.92 Å². The zero-order chi connectivity index (χ0) is 15.2. The van der Waals surface area contributed by atoms with Crippen LogP contribution < -0.4 is 10.1 Å². The Morgan fingerprint density at radius 3 is 2.43 bits per heavy atom. The number of rotatable bonds is 6. The molecule has 2 aromatic rings. The maximum absolute atomic E-state index is 5.98.